The molecule has 3 aromatic heterocycles. The van der Waals surface area contributed by atoms with Crippen LogP contribution in [0.15, 0.2) is 79.1 Å². The molecule has 1 aliphatic rings. The molecule has 0 saturated heterocycles. The van der Waals surface area contributed by atoms with Crippen LogP contribution in [0.3, 0.4) is 0 Å². The average Bonchev–Trinajstić information content (AvgIpc) is 3.76. The third-order valence-electron chi connectivity index (χ3n) is 7.19. The van der Waals surface area contributed by atoms with E-state index in [0.717, 1.165) is 10.9 Å². The van der Waals surface area contributed by atoms with Crippen molar-refractivity contribution in [1.82, 2.24) is 15.3 Å². The summed E-state index contributed by atoms with van der Waals surface area (Å²) in [7, 11) is 1.55. The molecule has 0 aliphatic heterocycles. The van der Waals surface area contributed by atoms with Crippen LogP contribution in [0.4, 0.5) is 20.2 Å². The van der Waals surface area contributed by atoms with E-state index in [4.69, 9.17) is 12.2 Å². The van der Waals surface area contributed by atoms with E-state index in [2.05, 4.69) is 25.9 Å². The Morgan fingerprint density at radius 3 is 2.40 bits per heavy atom. The van der Waals surface area contributed by atoms with Gasteiger partial charge in [0.15, 0.2) is 11.6 Å². The van der Waals surface area contributed by atoms with Crippen molar-refractivity contribution in [2.24, 2.45) is 5.41 Å². The first kappa shape index (κ1) is 27.7. The van der Waals surface area contributed by atoms with Crippen LogP contribution >= 0.6 is 11.3 Å². The lowest BCUT2D eigenvalue weighted by molar-refractivity contribution is -0.131. The van der Waals surface area contributed by atoms with Crippen molar-refractivity contribution in [2.75, 3.05) is 30.9 Å². The van der Waals surface area contributed by atoms with Gasteiger partial charge in [0.2, 0.25) is 11.8 Å². The summed E-state index contributed by atoms with van der Waals surface area (Å²) in [6, 6.07) is 16.1. The van der Waals surface area contributed by atoms with E-state index in [9.17, 15) is 14.0 Å². The molecule has 12 heteroatoms. The summed E-state index contributed by atoms with van der Waals surface area (Å²) in [6.07, 6.45) is 3.68. The Morgan fingerprint density at radius 2 is 1.71 bits per heavy atom. The van der Waals surface area contributed by atoms with Crippen molar-refractivity contribution >= 4 is 44.7 Å². The van der Waals surface area contributed by atoms with E-state index in [1.807, 2.05) is 6.07 Å². The minimum absolute atomic E-state index is 0.0775. The third kappa shape index (κ3) is 6.83. The van der Waals surface area contributed by atoms with E-state index < -0.39 is 35.4 Å². The Labute approximate surface area is 264 Å². The molecule has 2 amide bonds. The number of nitrogens with one attached hydrogen (secondary N) is 3. The average molecular weight is 632 g/mol. The number of amides is 2. The highest BCUT2D eigenvalue weighted by molar-refractivity contribution is 7.22. The fourth-order valence-electron chi connectivity index (χ4n) is 4.55. The van der Waals surface area contributed by atoms with E-state index in [-0.39, 0.29) is 11.4 Å². The van der Waals surface area contributed by atoms with E-state index in [0.29, 0.717) is 58.9 Å². The molecule has 0 unspecified atom stereocenters. The number of fused-ring (bicyclic) bond motifs is 1. The summed E-state index contributed by atoms with van der Waals surface area (Å²) in [4.78, 5) is 35.5. The predicted molar refractivity (Wildman–Crippen MR) is 168 cm³/mol. The molecule has 3 heterocycles. The Morgan fingerprint density at radius 1 is 0.956 bits per heavy atom. The van der Waals surface area contributed by atoms with Crippen molar-refractivity contribution in [3.8, 4) is 22.1 Å². The number of thiophene rings is 1. The van der Waals surface area contributed by atoms with Gasteiger partial charge in [-0.1, -0.05) is 6.07 Å². The molecule has 45 heavy (non-hydrogen) atoms. The quantitative estimate of drug-likeness (QED) is 0.106. The summed E-state index contributed by atoms with van der Waals surface area (Å²) in [5, 5.41) is 8.06. The largest absolute Gasteiger partial charge is 0.453 e. The van der Waals surface area contributed by atoms with Crippen LogP contribution in [0.25, 0.3) is 20.8 Å². The van der Waals surface area contributed by atoms with Gasteiger partial charge in [-0.15, -0.1) is 11.3 Å². The zero-order chi connectivity index (χ0) is 33.2. The van der Waals surface area contributed by atoms with Gasteiger partial charge in [0.25, 0.3) is 0 Å². The number of benzene rings is 2. The van der Waals surface area contributed by atoms with Gasteiger partial charge in [-0.3, -0.25) is 19.6 Å². The molecule has 230 valence electrons. The van der Waals surface area contributed by atoms with Crippen molar-refractivity contribution in [1.29, 1.82) is 0 Å². The van der Waals surface area contributed by atoms with Gasteiger partial charge in [0.05, 0.1) is 27.4 Å². The highest BCUT2D eigenvalue weighted by Crippen LogP contribution is 2.48. The number of ether oxygens (including phenoxy) is 2. The lowest BCUT2D eigenvalue weighted by atomic mass is 10.0. The summed E-state index contributed by atoms with van der Waals surface area (Å²) >= 11 is 1.35. The van der Waals surface area contributed by atoms with Crippen LogP contribution in [0, 0.1) is 17.0 Å². The second-order valence-electron chi connectivity index (χ2n) is 10.4. The fraction of sp³-hybridized carbons (Fsp3) is 0.212. The Balaban J connectivity index is 1.13. The number of carbonyl (C=O) groups is 2. The van der Waals surface area contributed by atoms with Crippen molar-refractivity contribution < 1.29 is 30.6 Å². The molecule has 1 fully saturated rings. The Kier molecular flexibility index (Phi) is 8.06. The van der Waals surface area contributed by atoms with Crippen molar-refractivity contribution in [3.05, 3.63) is 96.3 Å². The summed E-state index contributed by atoms with van der Waals surface area (Å²) in [5.41, 5.74) is 0.834. The molecule has 0 radical (unpaired) electrons. The van der Waals surface area contributed by atoms with Crippen LogP contribution in [0.2, 0.25) is 0 Å². The van der Waals surface area contributed by atoms with Gasteiger partial charge in [-0.2, -0.15) is 0 Å². The number of pyridine rings is 2. The second-order valence-corrected chi connectivity index (χ2v) is 11.4. The molecular formula is C33H29F2N5O4S. The maximum atomic E-state index is 15.2. The maximum absolute atomic E-state index is 15.2. The molecule has 1 aliphatic carbocycles. The highest BCUT2D eigenvalue weighted by Gasteiger charge is 2.56. The number of methoxy groups -OCH3 is 1. The zero-order valence-corrected chi connectivity index (χ0v) is 24.8. The minimum Gasteiger partial charge on any atom is -0.453 e. The Hall–Kier alpha value is -4.78. The minimum atomic E-state index is -1.78. The van der Waals surface area contributed by atoms with Gasteiger partial charge >= 0.3 is 0 Å². The van der Waals surface area contributed by atoms with Crippen LogP contribution in [-0.2, 0) is 20.8 Å². The summed E-state index contributed by atoms with van der Waals surface area (Å²) < 4.78 is 56.5. The summed E-state index contributed by atoms with van der Waals surface area (Å²) in [5.74, 6) is -1.96. The van der Waals surface area contributed by atoms with Crippen LogP contribution < -0.4 is 20.7 Å². The van der Waals surface area contributed by atoms with Crippen LogP contribution in [0.5, 0.6) is 11.5 Å². The number of halogens is 2. The number of aromatic nitrogens is 2. The molecular weight excluding hydrogens is 600 g/mol. The number of hydrogen-bond acceptors (Lipinski definition) is 8. The van der Waals surface area contributed by atoms with Gasteiger partial charge in [-0.05, 0) is 66.9 Å². The molecule has 3 N–H and O–H groups in total. The molecule has 1 saturated carbocycles. The molecule has 0 bridgehead atoms. The first-order valence-corrected chi connectivity index (χ1v) is 14.8. The topological polar surface area (TPSA) is 114 Å². The predicted octanol–water partition coefficient (Wildman–Crippen LogP) is 6.52. The number of hydrogen-bond donors (Lipinski definition) is 3. The lowest BCUT2D eigenvalue weighted by Crippen LogP contribution is -2.35. The Bertz CT molecular complexity index is 1940. The highest BCUT2D eigenvalue weighted by atomic mass is 32.1. The van der Waals surface area contributed by atoms with Crippen LogP contribution in [0.1, 0.15) is 21.1 Å². The first-order valence-electron chi connectivity index (χ1n) is 15.0. The number of rotatable bonds is 12. The standard InChI is InChI=1S/C33H29F2N5O4S/c1-43-15-14-36-18-20-2-8-25(38-19-20)29-17-26-30(45-29)28(10-13-37-26)44-27-9-7-23(16-24(27)35)40-32(42)33(11-12-33)31(41)39-22-5-3-21(34)4-6-22/h2-10,13,16-17,19,36H,11-12,14-15,18H2,1H3,(H,39,41)(H,40,42)/i18D2. The number of carbonyl (C=O) groups excluding carboxylic acids is 2. The van der Waals surface area contributed by atoms with Gasteiger partial charge in [-0.25, -0.2) is 8.78 Å². The lowest BCUT2D eigenvalue weighted by Gasteiger charge is -2.16. The third-order valence-corrected chi connectivity index (χ3v) is 8.35. The van der Waals surface area contributed by atoms with E-state index >= 15 is 4.39 Å². The molecule has 9 nitrogen and oxygen atoms in total. The molecule has 6 rings (SSSR count). The van der Waals surface area contributed by atoms with Crippen molar-refractivity contribution in [3.63, 3.8) is 0 Å². The molecule has 5 aromatic rings. The van der Waals surface area contributed by atoms with Gasteiger partial charge in [0, 0.05) is 58.8 Å². The molecule has 2 aromatic carbocycles. The van der Waals surface area contributed by atoms with E-state index in [1.54, 1.807) is 31.5 Å². The SMILES string of the molecule is [2H]C([2H])(NCCOC)c1ccc(-c2cc3nccc(Oc4ccc(NC(=O)C5(C(=O)Nc6ccc(F)cc6)CC5)cc4F)c3s2)nc1. The van der Waals surface area contributed by atoms with Gasteiger partial charge < -0.3 is 25.4 Å². The second kappa shape index (κ2) is 13.1. The normalized spacial score (nSPS) is 14.4. The smallest absolute Gasteiger partial charge is 0.240 e. The monoisotopic (exact) mass is 631 g/mol. The molecule has 0 spiro atoms. The van der Waals surface area contributed by atoms with E-state index in [1.165, 1.54) is 53.9 Å². The maximum Gasteiger partial charge on any atom is 0.240 e. The van der Waals surface area contributed by atoms with Crippen LogP contribution in [-0.4, -0.2) is 42.0 Å². The van der Waals surface area contributed by atoms with Crippen molar-refractivity contribution in [2.45, 2.75) is 19.3 Å². The molecule has 0 atom stereocenters. The number of nitrogens with zero attached hydrogens (tertiary/aromatic N) is 2. The summed E-state index contributed by atoms with van der Waals surface area (Å²) in [6.45, 7) is -1.07. The fourth-order valence-corrected chi connectivity index (χ4v) is 5.59. The van der Waals surface area contributed by atoms with Gasteiger partial charge in [0.1, 0.15) is 17.0 Å². The zero-order valence-electron chi connectivity index (χ0n) is 26.0. The first-order chi connectivity index (χ1) is 22.6. The number of anilines is 2.